The second-order valence-electron chi connectivity index (χ2n) is 6.78. The van der Waals surface area contributed by atoms with Gasteiger partial charge in [-0.3, -0.25) is 0 Å². The van der Waals surface area contributed by atoms with Crippen LogP contribution in [0.5, 0.6) is 0 Å². The number of aryl methyl sites for hydroxylation is 1. The van der Waals surface area contributed by atoms with Crippen LogP contribution in [0.3, 0.4) is 0 Å². The van der Waals surface area contributed by atoms with Crippen molar-refractivity contribution in [3.63, 3.8) is 0 Å². The molecule has 1 aliphatic carbocycles. The fourth-order valence-corrected chi connectivity index (χ4v) is 5.48. The molecule has 1 atom stereocenters. The third-order valence-corrected chi connectivity index (χ3v) is 6.69. The number of carbonyl (C=O) groups excluding carboxylic acids is 1. The van der Waals surface area contributed by atoms with Gasteiger partial charge in [0, 0.05) is 15.0 Å². The number of rotatable bonds is 4. The molecule has 1 heterocycles. The molecular formula is C20H23BrN2O2S2. The van der Waals surface area contributed by atoms with E-state index in [1.54, 1.807) is 11.3 Å². The molecule has 1 unspecified atom stereocenters. The number of esters is 1. The van der Waals surface area contributed by atoms with E-state index in [1.807, 2.05) is 12.1 Å². The van der Waals surface area contributed by atoms with Gasteiger partial charge in [0.15, 0.2) is 5.11 Å². The number of methoxy groups -OCH3 is 1. The molecule has 0 saturated carbocycles. The first kappa shape index (κ1) is 20.3. The average molecular weight is 467 g/mol. The lowest BCUT2D eigenvalue weighted by Gasteiger charge is -2.18. The minimum absolute atomic E-state index is 0.301. The molecule has 144 valence electrons. The summed E-state index contributed by atoms with van der Waals surface area (Å²) >= 11 is 10.6. The van der Waals surface area contributed by atoms with Gasteiger partial charge in [0.2, 0.25) is 0 Å². The van der Waals surface area contributed by atoms with Crippen molar-refractivity contribution in [1.82, 2.24) is 0 Å². The lowest BCUT2D eigenvalue weighted by Crippen LogP contribution is -2.21. The molecule has 0 spiro atoms. The van der Waals surface area contributed by atoms with Gasteiger partial charge in [0.25, 0.3) is 0 Å². The van der Waals surface area contributed by atoms with Gasteiger partial charge in [0.05, 0.1) is 12.7 Å². The summed E-state index contributed by atoms with van der Waals surface area (Å²) in [4.78, 5) is 13.7. The molecule has 2 N–H and O–H groups in total. The highest BCUT2D eigenvalue weighted by atomic mass is 79.9. The van der Waals surface area contributed by atoms with Crippen molar-refractivity contribution in [3.05, 3.63) is 44.2 Å². The van der Waals surface area contributed by atoms with E-state index in [4.69, 9.17) is 17.0 Å². The Morgan fingerprint density at radius 3 is 2.89 bits per heavy atom. The Morgan fingerprint density at radius 2 is 2.19 bits per heavy atom. The topological polar surface area (TPSA) is 50.4 Å². The maximum absolute atomic E-state index is 12.4. The van der Waals surface area contributed by atoms with E-state index < -0.39 is 0 Å². The first-order valence-corrected chi connectivity index (χ1v) is 11.0. The molecule has 0 aliphatic heterocycles. The summed E-state index contributed by atoms with van der Waals surface area (Å²) in [6.45, 7) is 4.35. The molecule has 1 aromatic carbocycles. The van der Waals surface area contributed by atoms with Crippen LogP contribution < -0.4 is 10.6 Å². The quantitative estimate of drug-likeness (QED) is 0.440. The largest absolute Gasteiger partial charge is 0.465 e. The van der Waals surface area contributed by atoms with E-state index in [0.29, 0.717) is 16.6 Å². The molecule has 0 saturated heterocycles. The van der Waals surface area contributed by atoms with E-state index in [2.05, 4.69) is 46.5 Å². The molecule has 27 heavy (non-hydrogen) atoms. The number of carbonyl (C=O) groups is 1. The van der Waals surface area contributed by atoms with E-state index in [0.717, 1.165) is 46.4 Å². The highest BCUT2D eigenvalue weighted by Crippen LogP contribution is 2.40. The Balaban J connectivity index is 1.85. The van der Waals surface area contributed by atoms with Crippen molar-refractivity contribution in [3.8, 4) is 0 Å². The molecular weight excluding hydrogens is 444 g/mol. The number of anilines is 2. The van der Waals surface area contributed by atoms with E-state index in [9.17, 15) is 4.79 Å². The second kappa shape index (κ2) is 8.71. The summed E-state index contributed by atoms with van der Waals surface area (Å²) in [5, 5.41) is 7.75. The monoisotopic (exact) mass is 466 g/mol. The number of halogens is 1. The Morgan fingerprint density at radius 1 is 1.41 bits per heavy atom. The van der Waals surface area contributed by atoms with Crippen LogP contribution in [-0.4, -0.2) is 18.2 Å². The van der Waals surface area contributed by atoms with Gasteiger partial charge in [0.1, 0.15) is 5.00 Å². The van der Waals surface area contributed by atoms with Crippen LogP contribution in [0.1, 0.15) is 46.6 Å². The smallest absolute Gasteiger partial charge is 0.341 e. The number of hydrogen-bond acceptors (Lipinski definition) is 4. The number of thiophene rings is 1. The van der Waals surface area contributed by atoms with Crippen LogP contribution in [0.2, 0.25) is 0 Å². The van der Waals surface area contributed by atoms with Crippen LogP contribution in [0.4, 0.5) is 10.7 Å². The fraction of sp³-hybridized carbons (Fsp3) is 0.400. The Labute approximate surface area is 177 Å². The van der Waals surface area contributed by atoms with Crippen molar-refractivity contribution in [2.24, 2.45) is 5.92 Å². The predicted molar refractivity (Wildman–Crippen MR) is 120 cm³/mol. The van der Waals surface area contributed by atoms with Crippen molar-refractivity contribution in [1.29, 1.82) is 0 Å². The van der Waals surface area contributed by atoms with Crippen LogP contribution in [0, 0.1) is 5.92 Å². The normalized spacial score (nSPS) is 15.8. The van der Waals surface area contributed by atoms with Crippen molar-refractivity contribution >= 4 is 61.3 Å². The lowest BCUT2D eigenvalue weighted by atomic mass is 9.88. The first-order valence-electron chi connectivity index (χ1n) is 9.02. The van der Waals surface area contributed by atoms with Gasteiger partial charge in [-0.25, -0.2) is 4.79 Å². The zero-order valence-electron chi connectivity index (χ0n) is 15.6. The molecule has 0 fully saturated rings. The molecule has 2 aromatic rings. The molecule has 1 aliphatic rings. The van der Waals surface area contributed by atoms with Gasteiger partial charge in [-0.1, -0.05) is 29.8 Å². The summed E-state index contributed by atoms with van der Waals surface area (Å²) < 4.78 is 6.08. The number of ether oxygens (including phenoxy) is 1. The Hall–Kier alpha value is -1.44. The molecule has 3 rings (SSSR count). The van der Waals surface area contributed by atoms with E-state index >= 15 is 0 Å². The highest BCUT2D eigenvalue weighted by Gasteiger charge is 2.28. The van der Waals surface area contributed by atoms with E-state index in [-0.39, 0.29) is 5.97 Å². The molecule has 1 aromatic heterocycles. The summed E-state index contributed by atoms with van der Waals surface area (Å²) in [6.07, 6.45) is 3.89. The van der Waals surface area contributed by atoms with Crippen LogP contribution >= 0.6 is 39.5 Å². The maximum Gasteiger partial charge on any atom is 0.341 e. The van der Waals surface area contributed by atoms with Gasteiger partial charge >= 0.3 is 5.97 Å². The summed E-state index contributed by atoms with van der Waals surface area (Å²) in [6, 6.07) is 6.06. The van der Waals surface area contributed by atoms with Crippen molar-refractivity contribution in [2.75, 3.05) is 17.7 Å². The second-order valence-corrected chi connectivity index (χ2v) is 9.21. The molecule has 0 bridgehead atoms. The molecule has 0 amide bonds. The molecule has 4 nitrogen and oxygen atoms in total. The van der Waals surface area contributed by atoms with Crippen LogP contribution in [0.25, 0.3) is 0 Å². The summed E-state index contributed by atoms with van der Waals surface area (Å²) in [5.41, 5.74) is 3.89. The van der Waals surface area contributed by atoms with Gasteiger partial charge in [-0.2, -0.15) is 0 Å². The fourth-order valence-electron chi connectivity index (χ4n) is 3.39. The Bertz CT molecular complexity index is 879. The number of fused-ring (bicyclic) bond motifs is 1. The first-order chi connectivity index (χ1) is 12.9. The molecule has 0 radical (unpaired) electrons. The maximum atomic E-state index is 12.4. The minimum Gasteiger partial charge on any atom is -0.465 e. The van der Waals surface area contributed by atoms with E-state index in [1.165, 1.54) is 17.6 Å². The average Bonchev–Trinajstić information content (AvgIpc) is 2.99. The Kier molecular flexibility index (Phi) is 6.55. The minimum atomic E-state index is -0.301. The number of thiocarbonyl (C=S) groups is 1. The van der Waals surface area contributed by atoms with Gasteiger partial charge in [-0.15, -0.1) is 11.3 Å². The predicted octanol–water partition coefficient (Wildman–Crippen LogP) is 5.79. The zero-order valence-corrected chi connectivity index (χ0v) is 18.9. The molecule has 7 heteroatoms. The third kappa shape index (κ3) is 4.52. The summed E-state index contributed by atoms with van der Waals surface area (Å²) in [5.74, 6) is 0.333. The van der Waals surface area contributed by atoms with Crippen molar-refractivity contribution < 1.29 is 9.53 Å². The summed E-state index contributed by atoms with van der Waals surface area (Å²) in [7, 11) is 1.42. The van der Waals surface area contributed by atoms with Gasteiger partial charge < -0.3 is 15.4 Å². The lowest BCUT2D eigenvalue weighted by molar-refractivity contribution is 0.0601. The SMILES string of the molecule is CCc1cc(Br)ccc1NC(=S)Nc1sc2c(c1C(=O)OC)CCC(C)C2. The number of benzene rings is 1. The van der Waals surface area contributed by atoms with Gasteiger partial charge in [-0.05, 0) is 73.1 Å². The van der Waals surface area contributed by atoms with Crippen LogP contribution in [-0.2, 0) is 24.0 Å². The zero-order chi connectivity index (χ0) is 19.6. The standard InChI is InChI=1S/C20H23BrN2O2S2/c1-4-12-10-13(21)6-8-15(12)22-20(26)23-18-17(19(24)25-3)14-7-5-11(2)9-16(14)27-18/h6,8,10-11H,4-5,7,9H2,1-3H3,(H2,22,23,26). The number of nitrogens with one attached hydrogen (secondary N) is 2. The van der Waals surface area contributed by atoms with Crippen molar-refractivity contribution in [2.45, 2.75) is 39.5 Å². The highest BCUT2D eigenvalue weighted by molar-refractivity contribution is 9.10. The third-order valence-electron chi connectivity index (χ3n) is 4.82. The number of hydrogen-bond donors (Lipinski definition) is 2. The van der Waals surface area contributed by atoms with Crippen LogP contribution in [0.15, 0.2) is 22.7 Å².